The summed E-state index contributed by atoms with van der Waals surface area (Å²) in [4.78, 5) is 0. The maximum atomic E-state index is 6.11. The van der Waals surface area contributed by atoms with Gasteiger partial charge in [-0.15, -0.1) is 0 Å². The van der Waals surface area contributed by atoms with Gasteiger partial charge in [0.15, 0.2) is 0 Å². The molecule has 7 rings (SSSR count). The largest absolute Gasteiger partial charge is 1.00 e. The van der Waals surface area contributed by atoms with Crippen molar-refractivity contribution in [2.45, 2.75) is 145 Å². The average Bonchev–Trinajstić information content (AvgIpc) is 3.75. The van der Waals surface area contributed by atoms with Crippen LogP contribution in [0, 0.1) is 5.92 Å². The van der Waals surface area contributed by atoms with Gasteiger partial charge in [0.25, 0.3) is 0 Å². The fourth-order valence-electron chi connectivity index (χ4n) is 10.1. The SMILES string of the molecule is CC1=C(CCCCCCOC(C)(C)C)c2c(-c3ccc(C(C)(C)C)cc3)cccc2[CH]1[Zr+2]([CH]1C(C(C)C)=Cc2c(-c3ccc(C(C)(C)C)cc3)cccc21)=[Si](C)c1ccccc1.[Cl-].[Cl-]. The van der Waals surface area contributed by atoms with Gasteiger partial charge in [-0.05, 0) is 0 Å². The molecule has 1 nitrogen and oxygen atoms in total. The van der Waals surface area contributed by atoms with Gasteiger partial charge in [0.1, 0.15) is 0 Å². The van der Waals surface area contributed by atoms with Crippen molar-refractivity contribution in [1.82, 2.24) is 0 Å². The Morgan fingerprint density at radius 1 is 0.594 bits per heavy atom. The van der Waals surface area contributed by atoms with Crippen LogP contribution < -0.4 is 30.0 Å². The number of hydrogen-bond donors (Lipinski definition) is 0. The first-order valence-electron chi connectivity index (χ1n) is 23.6. The van der Waals surface area contributed by atoms with Crippen LogP contribution in [0.2, 0.25) is 6.55 Å². The van der Waals surface area contributed by atoms with E-state index in [1.54, 1.807) is 38.6 Å². The minimum atomic E-state index is -2.65. The molecule has 0 heterocycles. The maximum Gasteiger partial charge on any atom is -1.00 e. The minimum Gasteiger partial charge on any atom is -1.00 e. The summed E-state index contributed by atoms with van der Waals surface area (Å²) in [6.45, 7) is 31.5. The van der Waals surface area contributed by atoms with Crippen LogP contribution in [0.3, 0.4) is 0 Å². The van der Waals surface area contributed by atoms with Crippen molar-refractivity contribution >= 4 is 22.3 Å². The third-order valence-electron chi connectivity index (χ3n) is 13.6. The van der Waals surface area contributed by atoms with Crippen molar-refractivity contribution in [2.24, 2.45) is 5.92 Å². The van der Waals surface area contributed by atoms with Crippen LogP contribution in [0.1, 0.15) is 156 Å². The zero-order chi connectivity index (χ0) is 44.6. The Kier molecular flexibility index (Phi) is 17.5. The average molecular weight is 989 g/mol. The van der Waals surface area contributed by atoms with Crippen molar-refractivity contribution in [3.63, 3.8) is 0 Å². The summed E-state index contributed by atoms with van der Waals surface area (Å²) in [6.07, 6.45) is 8.61. The van der Waals surface area contributed by atoms with E-state index in [1.165, 1.54) is 58.2 Å². The summed E-state index contributed by atoms with van der Waals surface area (Å²) >= 11 is -2.65. The monoisotopic (exact) mass is 986 g/mol. The number of rotatable bonds is 13. The van der Waals surface area contributed by atoms with Crippen LogP contribution in [0.15, 0.2) is 126 Å². The van der Waals surface area contributed by atoms with E-state index in [9.17, 15) is 0 Å². The molecule has 2 atom stereocenters. The van der Waals surface area contributed by atoms with Gasteiger partial charge in [0, 0.05) is 0 Å². The molecule has 2 aliphatic rings. The van der Waals surface area contributed by atoms with Gasteiger partial charge in [-0.3, -0.25) is 0 Å². The Morgan fingerprint density at radius 3 is 1.67 bits per heavy atom. The van der Waals surface area contributed by atoms with Crippen LogP contribution in [-0.4, -0.2) is 17.6 Å². The molecule has 0 aromatic heterocycles. The zero-order valence-corrected chi connectivity index (χ0v) is 46.2. The Balaban J connectivity index is 0.00000385. The first-order valence-corrected chi connectivity index (χ1v) is 32.2. The number of halogens is 2. The van der Waals surface area contributed by atoms with E-state index in [0.717, 1.165) is 19.4 Å². The van der Waals surface area contributed by atoms with Crippen molar-refractivity contribution in [1.29, 1.82) is 0 Å². The van der Waals surface area contributed by atoms with Gasteiger partial charge < -0.3 is 24.8 Å². The normalized spacial score (nSPS) is 16.2. The molecule has 0 N–H and O–H groups in total. The van der Waals surface area contributed by atoms with E-state index >= 15 is 0 Å². The van der Waals surface area contributed by atoms with Gasteiger partial charge in [-0.2, -0.15) is 0 Å². The fourth-order valence-corrected chi connectivity index (χ4v) is 33.4. The molecule has 64 heavy (non-hydrogen) atoms. The fraction of sp³-hybridized carbons (Fsp3) is 0.424. The quantitative estimate of drug-likeness (QED) is 0.0844. The zero-order valence-electron chi connectivity index (χ0n) is 41.2. The second-order valence-corrected chi connectivity index (χ2v) is 37.5. The van der Waals surface area contributed by atoms with E-state index in [2.05, 4.69) is 211 Å². The molecule has 5 aromatic rings. The standard InChI is InChI=1S/C30H41O.C22H25.C7H8Si.2ClH.Zr/c1-22-21-24-13-12-15-27(23-16-18-25(19-17-23)29(2,3)4)28(24)26(22)14-10-8-9-11-20-31-30(5,6)7;1-15(2)18-13-17-7-6-8-20(21(17)14-18)16-9-11-19(12-10-16)22(3,4)5;1-8-7-5-3-2-4-6-7;;;/h12-13,15-19,21H,8-11,14,20H2,1-7H3;6-15H,1-5H3;2-6H,1H3;2*1H;/q;;;;;+2/p-2. The summed E-state index contributed by atoms with van der Waals surface area (Å²) in [5.74, 6) is 0.476. The Labute approximate surface area is 409 Å². The predicted molar refractivity (Wildman–Crippen MR) is 269 cm³/mol. The number of unbranched alkanes of at least 4 members (excludes halogenated alkanes) is 3. The first kappa shape index (κ1) is 52.2. The summed E-state index contributed by atoms with van der Waals surface area (Å²) in [7, 11) is 0. The number of benzene rings is 5. The summed E-state index contributed by atoms with van der Waals surface area (Å²) in [6, 6.07) is 45.5. The molecule has 0 bridgehead atoms. The van der Waals surface area contributed by atoms with Gasteiger partial charge in [-0.25, -0.2) is 0 Å². The van der Waals surface area contributed by atoms with Gasteiger partial charge in [0.2, 0.25) is 0 Å². The Morgan fingerprint density at radius 2 is 1.12 bits per heavy atom. The van der Waals surface area contributed by atoms with E-state index in [-0.39, 0.29) is 41.2 Å². The topological polar surface area (TPSA) is 9.23 Å². The van der Waals surface area contributed by atoms with E-state index in [4.69, 9.17) is 4.74 Å². The summed E-state index contributed by atoms with van der Waals surface area (Å²) in [5, 5.41) is 1.62. The first-order chi connectivity index (χ1) is 29.3. The molecule has 2 aliphatic carbocycles. The third-order valence-corrected chi connectivity index (χ3v) is 34.1. The molecule has 0 saturated carbocycles. The van der Waals surface area contributed by atoms with Crippen LogP contribution in [0.25, 0.3) is 33.9 Å². The molecule has 0 spiro atoms. The van der Waals surface area contributed by atoms with E-state index in [0.29, 0.717) is 13.2 Å². The molecule has 5 aromatic carbocycles. The van der Waals surface area contributed by atoms with Crippen molar-refractivity contribution in [3.05, 3.63) is 160 Å². The maximum absolute atomic E-state index is 6.11. The van der Waals surface area contributed by atoms with Crippen LogP contribution in [-0.2, 0) is 35.9 Å². The number of ether oxygens (including phenoxy) is 1. The van der Waals surface area contributed by atoms with E-state index in [1.807, 2.05) is 0 Å². The molecule has 0 aliphatic heterocycles. The van der Waals surface area contributed by atoms with Gasteiger partial charge >= 0.3 is 387 Å². The van der Waals surface area contributed by atoms with Gasteiger partial charge in [-0.1, -0.05) is 0 Å². The van der Waals surface area contributed by atoms with Crippen molar-refractivity contribution < 1.29 is 49.9 Å². The van der Waals surface area contributed by atoms with Gasteiger partial charge in [0.05, 0.1) is 0 Å². The molecule has 338 valence electrons. The molecule has 0 radical (unpaired) electrons. The molecule has 0 fully saturated rings. The molecule has 2 unspecified atom stereocenters. The van der Waals surface area contributed by atoms with E-state index < -0.39 is 25.8 Å². The third kappa shape index (κ3) is 11.5. The number of fused-ring (bicyclic) bond motifs is 2. The van der Waals surface area contributed by atoms with Crippen molar-refractivity contribution in [3.8, 4) is 22.3 Å². The number of allylic oxidation sites excluding steroid dienone is 3. The second kappa shape index (κ2) is 21.5. The van der Waals surface area contributed by atoms with Crippen molar-refractivity contribution in [2.75, 3.05) is 6.61 Å². The second-order valence-electron chi connectivity index (χ2n) is 21.6. The Hall–Kier alpha value is -2.78. The molecule has 5 heteroatoms. The minimum absolute atomic E-state index is 0. The number of hydrogen-bond acceptors (Lipinski definition) is 1. The molecular weight excluding hydrogens is 915 g/mol. The van der Waals surface area contributed by atoms with Crippen LogP contribution in [0.4, 0.5) is 0 Å². The summed E-state index contributed by atoms with van der Waals surface area (Å²) in [5.41, 5.74) is 18.9. The smallest absolute Gasteiger partial charge is 1.00 e. The molecule has 0 saturated heterocycles. The molecular formula is C59H74Cl2OSiZr. The summed E-state index contributed by atoms with van der Waals surface area (Å²) < 4.78 is 7.15. The Bertz CT molecular complexity index is 2470. The van der Waals surface area contributed by atoms with Crippen LogP contribution >= 0.6 is 0 Å². The van der Waals surface area contributed by atoms with Crippen LogP contribution in [0.5, 0.6) is 0 Å². The molecule has 0 amide bonds. The predicted octanol–water partition coefficient (Wildman–Crippen LogP) is 10.2.